The quantitative estimate of drug-likeness (QED) is 0.239. The molecule has 1 heterocycles. The second-order valence-corrected chi connectivity index (χ2v) is 7.24. The molecule has 1 aliphatic heterocycles. The van der Waals surface area contributed by atoms with Gasteiger partial charge in [0.2, 0.25) is 5.91 Å². The molecule has 27 heavy (non-hydrogen) atoms. The monoisotopic (exact) mass is 485 g/mol. The van der Waals surface area contributed by atoms with Crippen LogP contribution >= 0.6 is 24.0 Å². The first kappa shape index (κ1) is 21.9. The Labute approximate surface area is 179 Å². The number of nitrogens with one attached hydrogen (secondary N) is 3. The fraction of sp³-hybridized carbons (Fsp3) is 0.600. The van der Waals surface area contributed by atoms with Crippen molar-refractivity contribution in [1.29, 1.82) is 0 Å². The predicted molar refractivity (Wildman–Crippen MR) is 120 cm³/mol. The summed E-state index contributed by atoms with van der Waals surface area (Å²) in [5.74, 6) is 1.29. The van der Waals surface area contributed by atoms with Crippen LogP contribution in [0.4, 0.5) is 0 Å². The number of likely N-dealkylation sites (tertiary alicyclic amines) is 1. The molecule has 1 saturated heterocycles. The number of carbonyl (C=O) groups excluding carboxylic acids is 1. The molecule has 1 saturated carbocycles. The lowest BCUT2D eigenvalue weighted by molar-refractivity contribution is -0.122. The lowest BCUT2D eigenvalue weighted by Gasteiger charge is -2.33. The molecule has 1 amide bonds. The summed E-state index contributed by atoms with van der Waals surface area (Å²) < 4.78 is 0. The third-order valence-electron chi connectivity index (χ3n) is 5.07. The van der Waals surface area contributed by atoms with Gasteiger partial charge in [0.15, 0.2) is 5.96 Å². The van der Waals surface area contributed by atoms with Gasteiger partial charge in [-0.25, -0.2) is 0 Å². The van der Waals surface area contributed by atoms with Crippen LogP contribution in [0.5, 0.6) is 0 Å². The van der Waals surface area contributed by atoms with E-state index in [1.165, 1.54) is 5.56 Å². The Kier molecular flexibility index (Phi) is 9.33. The van der Waals surface area contributed by atoms with Crippen LogP contribution in [-0.2, 0) is 11.3 Å². The summed E-state index contributed by atoms with van der Waals surface area (Å²) in [6, 6.07) is 11.1. The Morgan fingerprint density at radius 2 is 1.74 bits per heavy atom. The summed E-state index contributed by atoms with van der Waals surface area (Å²) in [5, 5.41) is 9.77. The maximum atomic E-state index is 11.6. The molecule has 3 rings (SSSR count). The number of benzene rings is 1. The van der Waals surface area contributed by atoms with E-state index in [4.69, 9.17) is 0 Å². The molecule has 0 radical (unpaired) electrons. The van der Waals surface area contributed by atoms with Crippen molar-refractivity contribution in [3.8, 4) is 0 Å². The predicted octanol–water partition coefficient (Wildman–Crippen LogP) is 1.96. The van der Waals surface area contributed by atoms with Gasteiger partial charge in [-0.15, -0.1) is 24.0 Å². The van der Waals surface area contributed by atoms with Gasteiger partial charge in [0.1, 0.15) is 0 Å². The lowest BCUT2D eigenvalue weighted by atomic mass is 10.0. The van der Waals surface area contributed by atoms with Gasteiger partial charge >= 0.3 is 0 Å². The Balaban J connectivity index is 0.00000261. The van der Waals surface area contributed by atoms with Gasteiger partial charge in [0, 0.05) is 51.7 Å². The van der Waals surface area contributed by atoms with E-state index in [2.05, 4.69) is 56.2 Å². The fourth-order valence-corrected chi connectivity index (χ4v) is 3.32. The number of hydrogen-bond acceptors (Lipinski definition) is 3. The van der Waals surface area contributed by atoms with Crippen LogP contribution in [0.15, 0.2) is 35.3 Å². The third kappa shape index (κ3) is 7.65. The topological polar surface area (TPSA) is 68.8 Å². The Bertz CT molecular complexity index is 598. The number of guanidine groups is 1. The molecule has 0 aromatic heterocycles. The molecular formula is C20H32IN5O. The summed E-state index contributed by atoms with van der Waals surface area (Å²) in [5.41, 5.74) is 1.38. The molecule has 150 valence electrons. The van der Waals surface area contributed by atoms with Gasteiger partial charge in [0.05, 0.1) is 0 Å². The maximum absolute atomic E-state index is 11.6. The third-order valence-corrected chi connectivity index (χ3v) is 5.07. The van der Waals surface area contributed by atoms with E-state index in [9.17, 15) is 4.79 Å². The van der Waals surface area contributed by atoms with Crippen LogP contribution in [0.1, 0.15) is 31.2 Å². The fourth-order valence-electron chi connectivity index (χ4n) is 3.32. The van der Waals surface area contributed by atoms with Crippen molar-refractivity contribution in [2.24, 2.45) is 10.9 Å². The largest absolute Gasteiger partial charge is 0.355 e. The van der Waals surface area contributed by atoms with E-state index in [0.717, 1.165) is 51.3 Å². The lowest BCUT2D eigenvalue weighted by Crippen LogP contribution is -2.49. The number of rotatable bonds is 7. The molecule has 0 bridgehead atoms. The molecule has 0 spiro atoms. The van der Waals surface area contributed by atoms with E-state index < -0.39 is 0 Å². The Morgan fingerprint density at radius 3 is 2.37 bits per heavy atom. The molecule has 3 N–H and O–H groups in total. The van der Waals surface area contributed by atoms with E-state index in [-0.39, 0.29) is 35.8 Å². The standard InChI is InChI=1S/C20H31N5O.HI/c1-21-20(23-12-11-22-19(26)17-7-8-17)24-18-9-13-25(14-10-18)15-16-5-3-2-4-6-16;/h2-6,17-18H,7-15H2,1H3,(H,22,26)(H2,21,23,24);1H. The minimum absolute atomic E-state index is 0. The average Bonchev–Trinajstić information content (AvgIpc) is 3.51. The van der Waals surface area contributed by atoms with Gasteiger partial charge < -0.3 is 16.0 Å². The van der Waals surface area contributed by atoms with E-state index in [1.54, 1.807) is 7.05 Å². The number of halogens is 1. The molecule has 0 atom stereocenters. The highest BCUT2D eigenvalue weighted by Crippen LogP contribution is 2.28. The van der Waals surface area contributed by atoms with Crippen LogP contribution < -0.4 is 16.0 Å². The van der Waals surface area contributed by atoms with Crippen LogP contribution in [0.25, 0.3) is 0 Å². The maximum Gasteiger partial charge on any atom is 0.223 e. The Hall–Kier alpha value is -1.35. The minimum atomic E-state index is 0. The van der Waals surface area contributed by atoms with Crippen molar-refractivity contribution in [3.05, 3.63) is 35.9 Å². The van der Waals surface area contributed by atoms with Crippen molar-refractivity contribution in [1.82, 2.24) is 20.9 Å². The number of amides is 1. The van der Waals surface area contributed by atoms with Crippen molar-refractivity contribution < 1.29 is 4.79 Å². The first-order chi connectivity index (χ1) is 12.7. The zero-order valence-corrected chi connectivity index (χ0v) is 18.4. The van der Waals surface area contributed by atoms with Crippen LogP contribution in [-0.4, -0.2) is 56.0 Å². The van der Waals surface area contributed by atoms with E-state index in [1.807, 2.05) is 0 Å². The second-order valence-electron chi connectivity index (χ2n) is 7.24. The number of carbonyl (C=O) groups is 1. The van der Waals surface area contributed by atoms with Gasteiger partial charge in [-0.05, 0) is 31.2 Å². The molecule has 6 nitrogen and oxygen atoms in total. The average molecular weight is 485 g/mol. The number of aliphatic imine (C=N–C) groups is 1. The second kappa shape index (κ2) is 11.5. The summed E-state index contributed by atoms with van der Waals surface area (Å²) in [6.45, 7) is 4.57. The van der Waals surface area contributed by atoms with Gasteiger partial charge in [-0.3, -0.25) is 14.7 Å². The normalized spacial score (nSPS) is 18.5. The van der Waals surface area contributed by atoms with E-state index in [0.29, 0.717) is 19.1 Å². The summed E-state index contributed by atoms with van der Waals surface area (Å²) in [6.07, 6.45) is 4.33. The zero-order valence-electron chi connectivity index (χ0n) is 16.1. The zero-order chi connectivity index (χ0) is 18.2. The minimum Gasteiger partial charge on any atom is -0.355 e. The van der Waals surface area contributed by atoms with Crippen LogP contribution in [0, 0.1) is 5.92 Å². The highest BCUT2D eigenvalue weighted by Gasteiger charge is 2.29. The summed E-state index contributed by atoms with van der Waals surface area (Å²) in [4.78, 5) is 18.4. The highest BCUT2D eigenvalue weighted by atomic mass is 127. The molecule has 0 unspecified atom stereocenters. The summed E-state index contributed by atoms with van der Waals surface area (Å²) in [7, 11) is 1.79. The number of hydrogen-bond donors (Lipinski definition) is 3. The molecule has 1 aromatic carbocycles. The van der Waals surface area contributed by atoms with Crippen LogP contribution in [0.2, 0.25) is 0 Å². The van der Waals surface area contributed by atoms with Gasteiger partial charge in [0.25, 0.3) is 0 Å². The van der Waals surface area contributed by atoms with E-state index >= 15 is 0 Å². The SMILES string of the molecule is CN=C(NCCNC(=O)C1CC1)NC1CCN(Cc2ccccc2)CC1.I. The van der Waals surface area contributed by atoms with Crippen LogP contribution in [0.3, 0.4) is 0 Å². The molecule has 2 aliphatic rings. The molecular weight excluding hydrogens is 453 g/mol. The highest BCUT2D eigenvalue weighted by molar-refractivity contribution is 14.0. The molecule has 1 aliphatic carbocycles. The smallest absolute Gasteiger partial charge is 0.223 e. The first-order valence-electron chi connectivity index (χ1n) is 9.76. The van der Waals surface area contributed by atoms with Gasteiger partial charge in [-0.2, -0.15) is 0 Å². The van der Waals surface area contributed by atoms with Gasteiger partial charge in [-0.1, -0.05) is 30.3 Å². The first-order valence-corrected chi connectivity index (χ1v) is 9.76. The number of piperidine rings is 1. The van der Waals surface area contributed by atoms with Crippen molar-refractivity contribution >= 4 is 35.8 Å². The molecule has 1 aromatic rings. The van der Waals surface area contributed by atoms with Crippen molar-refractivity contribution in [3.63, 3.8) is 0 Å². The molecule has 7 heteroatoms. The van der Waals surface area contributed by atoms with Crippen molar-refractivity contribution in [2.75, 3.05) is 33.2 Å². The summed E-state index contributed by atoms with van der Waals surface area (Å²) >= 11 is 0. The molecule has 2 fully saturated rings. The van der Waals surface area contributed by atoms with Crippen molar-refractivity contribution in [2.45, 2.75) is 38.3 Å². The number of nitrogens with zero attached hydrogens (tertiary/aromatic N) is 2. The Morgan fingerprint density at radius 1 is 1.07 bits per heavy atom.